The van der Waals surface area contributed by atoms with Crippen LogP contribution in [0.3, 0.4) is 0 Å². The van der Waals surface area contributed by atoms with Crippen molar-refractivity contribution in [2.45, 2.75) is 39.0 Å². The third-order valence-electron chi connectivity index (χ3n) is 3.89. The summed E-state index contributed by atoms with van der Waals surface area (Å²) in [6.07, 6.45) is 3.35. The van der Waals surface area contributed by atoms with E-state index in [1.165, 1.54) is 24.1 Å². The van der Waals surface area contributed by atoms with Crippen LogP contribution in [-0.2, 0) is 13.5 Å². The zero-order valence-corrected chi connectivity index (χ0v) is 14.1. The molecule has 0 atom stereocenters. The number of halogens is 1. The van der Waals surface area contributed by atoms with Crippen molar-refractivity contribution in [1.29, 1.82) is 0 Å². The maximum Gasteiger partial charge on any atom is 0.221 e. The average molecular weight is 351 g/mol. The molecule has 1 heterocycles. The Labute approximate surface area is 132 Å². The highest BCUT2D eigenvalue weighted by molar-refractivity contribution is 9.10. The summed E-state index contributed by atoms with van der Waals surface area (Å²) in [6.45, 7) is 4.09. The second-order valence-corrected chi connectivity index (χ2v) is 6.45. The lowest BCUT2D eigenvalue weighted by molar-refractivity contribution is 0.415. The molecule has 1 fully saturated rings. The number of hydrogen-bond acceptors (Lipinski definition) is 3. The number of rotatable bonds is 4. The first kappa shape index (κ1) is 14.4. The van der Waals surface area contributed by atoms with Crippen molar-refractivity contribution in [2.24, 2.45) is 7.05 Å². The first-order chi connectivity index (χ1) is 10.0. The van der Waals surface area contributed by atoms with Crippen molar-refractivity contribution in [3.63, 3.8) is 0 Å². The van der Waals surface area contributed by atoms with E-state index in [0.29, 0.717) is 16.1 Å². The van der Waals surface area contributed by atoms with Crippen LogP contribution in [0.4, 0.5) is 0 Å². The Kier molecular flexibility index (Phi) is 3.69. The van der Waals surface area contributed by atoms with Gasteiger partial charge >= 0.3 is 0 Å². The van der Waals surface area contributed by atoms with E-state index in [4.69, 9.17) is 4.74 Å². The van der Waals surface area contributed by atoms with Gasteiger partial charge in [-0.15, -0.1) is 0 Å². The lowest BCUT2D eigenvalue weighted by Gasteiger charge is -2.11. The molecule has 0 unspecified atom stereocenters. The topological polar surface area (TPSA) is 47.3 Å². The first-order valence-electron chi connectivity index (χ1n) is 7.24. The molecule has 0 aliphatic heterocycles. The summed E-state index contributed by atoms with van der Waals surface area (Å²) in [4.78, 5) is 0. The molecule has 1 aromatic carbocycles. The van der Waals surface area contributed by atoms with E-state index in [1.54, 1.807) is 6.07 Å². The zero-order chi connectivity index (χ0) is 15.1. The van der Waals surface area contributed by atoms with E-state index in [9.17, 15) is 5.11 Å². The van der Waals surface area contributed by atoms with Gasteiger partial charge in [0.15, 0.2) is 0 Å². The highest BCUT2D eigenvalue weighted by Crippen LogP contribution is 2.44. The smallest absolute Gasteiger partial charge is 0.221 e. The summed E-state index contributed by atoms with van der Waals surface area (Å²) in [5, 5.41) is 14.5. The van der Waals surface area contributed by atoms with E-state index in [-0.39, 0.29) is 5.75 Å². The molecule has 0 radical (unpaired) electrons. The van der Waals surface area contributed by atoms with Crippen LogP contribution in [0.2, 0.25) is 0 Å². The van der Waals surface area contributed by atoms with Gasteiger partial charge in [0.25, 0.3) is 0 Å². The van der Waals surface area contributed by atoms with Gasteiger partial charge in [0.1, 0.15) is 11.5 Å². The third-order valence-corrected chi connectivity index (χ3v) is 4.52. The average Bonchev–Trinajstić information content (AvgIpc) is 3.22. The van der Waals surface area contributed by atoms with Gasteiger partial charge in [-0.2, -0.15) is 5.10 Å². The highest BCUT2D eigenvalue weighted by Gasteiger charge is 2.31. The molecule has 21 heavy (non-hydrogen) atoms. The maximum atomic E-state index is 9.85. The number of benzene rings is 1. The molecular formula is C16H19BrN2O2. The minimum Gasteiger partial charge on any atom is -0.507 e. The van der Waals surface area contributed by atoms with Gasteiger partial charge in [-0.05, 0) is 53.7 Å². The fourth-order valence-electron chi connectivity index (χ4n) is 2.57. The third kappa shape index (κ3) is 2.67. The van der Waals surface area contributed by atoms with E-state index in [2.05, 4.69) is 28.0 Å². The summed E-state index contributed by atoms with van der Waals surface area (Å²) in [7, 11) is 1.91. The number of phenols is 1. The molecule has 0 saturated heterocycles. The monoisotopic (exact) mass is 350 g/mol. The molecule has 4 nitrogen and oxygen atoms in total. The van der Waals surface area contributed by atoms with Crippen LogP contribution in [0, 0.1) is 6.92 Å². The molecule has 1 aromatic heterocycles. The summed E-state index contributed by atoms with van der Waals surface area (Å²) in [5.41, 5.74) is 3.33. The summed E-state index contributed by atoms with van der Waals surface area (Å²) in [5.74, 6) is 2.22. The predicted molar refractivity (Wildman–Crippen MR) is 85.2 cm³/mol. The number of aromatic hydroxyl groups is 1. The van der Waals surface area contributed by atoms with E-state index in [0.717, 1.165) is 17.9 Å². The molecule has 2 aromatic rings. The summed E-state index contributed by atoms with van der Waals surface area (Å²) < 4.78 is 8.56. The molecule has 1 aliphatic rings. The van der Waals surface area contributed by atoms with Crippen LogP contribution < -0.4 is 4.74 Å². The van der Waals surface area contributed by atoms with Crippen LogP contribution in [-0.4, -0.2) is 14.9 Å². The van der Waals surface area contributed by atoms with E-state index in [1.807, 2.05) is 24.7 Å². The van der Waals surface area contributed by atoms with Gasteiger partial charge in [0, 0.05) is 24.6 Å². The van der Waals surface area contributed by atoms with Crippen LogP contribution in [0.1, 0.15) is 42.5 Å². The van der Waals surface area contributed by atoms with Gasteiger partial charge in [0.2, 0.25) is 5.88 Å². The Balaban J connectivity index is 2.00. The molecule has 5 heteroatoms. The molecule has 1 aliphatic carbocycles. The minimum absolute atomic E-state index is 0.179. The van der Waals surface area contributed by atoms with Gasteiger partial charge in [-0.1, -0.05) is 6.92 Å². The quantitative estimate of drug-likeness (QED) is 0.887. The Morgan fingerprint density at radius 2 is 2.14 bits per heavy atom. The number of aryl methyl sites for hydroxylation is 2. The molecule has 1 N–H and O–H groups in total. The summed E-state index contributed by atoms with van der Waals surface area (Å²) in [6, 6.07) is 3.50. The molecule has 3 rings (SSSR count). The molecule has 0 spiro atoms. The molecule has 0 bridgehead atoms. The largest absolute Gasteiger partial charge is 0.507 e. The van der Waals surface area contributed by atoms with E-state index >= 15 is 0 Å². The van der Waals surface area contributed by atoms with Crippen molar-refractivity contribution in [3.8, 4) is 17.4 Å². The Morgan fingerprint density at radius 3 is 2.76 bits per heavy atom. The number of phenolic OH excluding ortho intramolecular Hbond substituents is 1. The molecule has 112 valence electrons. The van der Waals surface area contributed by atoms with Crippen LogP contribution in [0.5, 0.6) is 17.4 Å². The van der Waals surface area contributed by atoms with Gasteiger partial charge in [0.05, 0.1) is 10.2 Å². The fourth-order valence-corrected chi connectivity index (χ4v) is 3.03. The van der Waals surface area contributed by atoms with Crippen molar-refractivity contribution in [1.82, 2.24) is 9.78 Å². The highest BCUT2D eigenvalue weighted by atomic mass is 79.9. The van der Waals surface area contributed by atoms with E-state index < -0.39 is 0 Å². The molecule has 1 saturated carbocycles. The minimum atomic E-state index is 0.179. The SMILES string of the molecule is CCc1c(C2CC2)nn(C)c1Oc1cc(O)c(Br)cc1C. The lowest BCUT2D eigenvalue weighted by Crippen LogP contribution is -1.98. The fraction of sp³-hybridized carbons (Fsp3) is 0.438. The van der Waals surface area contributed by atoms with Crippen molar-refractivity contribution in [3.05, 3.63) is 33.4 Å². The standard InChI is InChI=1S/C16H19BrN2O2/c1-4-11-15(10-5-6-10)18-19(3)16(11)21-14-8-13(20)12(17)7-9(14)2/h7-8,10,20H,4-6H2,1-3H3. The number of aromatic nitrogens is 2. The normalized spacial score (nSPS) is 14.5. The number of ether oxygens (including phenoxy) is 1. The summed E-state index contributed by atoms with van der Waals surface area (Å²) >= 11 is 3.32. The number of hydrogen-bond donors (Lipinski definition) is 1. The van der Waals surface area contributed by atoms with Crippen molar-refractivity contribution >= 4 is 15.9 Å². The zero-order valence-electron chi connectivity index (χ0n) is 12.5. The Hall–Kier alpha value is -1.49. The van der Waals surface area contributed by atoms with Crippen LogP contribution in [0.15, 0.2) is 16.6 Å². The second kappa shape index (κ2) is 5.37. The second-order valence-electron chi connectivity index (χ2n) is 5.59. The number of nitrogens with zero attached hydrogens (tertiary/aromatic N) is 2. The van der Waals surface area contributed by atoms with Crippen molar-refractivity contribution < 1.29 is 9.84 Å². The van der Waals surface area contributed by atoms with Gasteiger partial charge < -0.3 is 9.84 Å². The maximum absolute atomic E-state index is 9.85. The Morgan fingerprint density at radius 1 is 1.43 bits per heavy atom. The first-order valence-corrected chi connectivity index (χ1v) is 8.03. The van der Waals surface area contributed by atoms with Gasteiger partial charge in [-0.3, -0.25) is 0 Å². The van der Waals surface area contributed by atoms with Gasteiger partial charge in [-0.25, -0.2) is 4.68 Å². The lowest BCUT2D eigenvalue weighted by atomic mass is 10.1. The predicted octanol–water partition coefficient (Wildman–Crippen LogP) is 4.43. The Bertz CT molecular complexity index is 690. The van der Waals surface area contributed by atoms with Crippen LogP contribution in [0.25, 0.3) is 0 Å². The molecule has 0 amide bonds. The van der Waals surface area contributed by atoms with Crippen LogP contribution >= 0.6 is 15.9 Å². The molecular weight excluding hydrogens is 332 g/mol. The van der Waals surface area contributed by atoms with Crippen molar-refractivity contribution in [2.75, 3.05) is 0 Å².